The van der Waals surface area contributed by atoms with Gasteiger partial charge < -0.3 is 15.4 Å². The van der Waals surface area contributed by atoms with Crippen molar-refractivity contribution in [3.63, 3.8) is 0 Å². The molecule has 0 unspecified atom stereocenters. The molecule has 0 aliphatic heterocycles. The zero-order valence-electron chi connectivity index (χ0n) is 15.2. The van der Waals surface area contributed by atoms with Gasteiger partial charge in [-0.25, -0.2) is 4.39 Å². The van der Waals surface area contributed by atoms with E-state index >= 15 is 0 Å². The van der Waals surface area contributed by atoms with Crippen LogP contribution in [-0.2, 0) is 11.3 Å². The topological polar surface area (TPSA) is 67.4 Å². The smallest absolute Gasteiger partial charge is 0.261 e. The van der Waals surface area contributed by atoms with Crippen molar-refractivity contribution < 1.29 is 18.7 Å². The molecule has 2 aromatic carbocycles. The Morgan fingerprint density at radius 2 is 1.57 bits per heavy atom. The minimum Gasteiger partial charge on any atom is -0.457 e. The molecule has 3 rings (SSSR count). The summed E-state index contributed by atoms with van der Waals surface area (Å²) in [6.45, 7) is 2.18. The van der Waals surface area contributed by atoms with E-state index in [2.05, 4.69) is 10.6 Å². The predicted octanol–water partition coefficient (Wildman–Crippen LogP) is 4.03. The third-order valence-corrected chi connectivity index (χ3v) is 4.84. The number of hydrogen-bond acceptors (Lipinski definition) is 4. The number of thiophene rings is 1. The molecular weight excluding hydrogens is 379 g/mol. The predicted molar refractivity (Wildman–Crippen MR) is 106 cm³/mol. The molecule has 0 saturated carbocycles. The Morgan fingerprint density at radius 3 is 2.18 bits per heavy atom. The standard InChI is InChI=1S/C21H19FN2O3S/c1-14-2-11-19(28-14)21(26)24-13-20(25)23-12-15-3-7-17(8-4-15)27-18-9-5-16(22)6-10-18/h2-11H,12-13H2,1H3,(H,23,25)(H,24,26). The zero-order chi connectivity index (χ0) is 19.9. The van der Waals surface area contributed by atoms with Crippen molar-refractivity contribution in [1.82, 2.24) is 10.6 Å². The number of nitrogens with one attached hydrogen (secondary N) is 2. The molecular formula is C21H19FN2O3S. The van der Waals surface area contributed by atoms with Crippen LogP contribution >= 0.6 is 11.3 Å². The van der Waals surface area contributed by atoms with Gasteiger partial charge in [0.1, 0.15) is 17.3 Å². The van der Waals surface area contributed by atoms with E-state index in [0.29, 0.717) is 22.9 Å². The van der Waals surface area contributed by atoms with Gasteiger partial charge in [-0.3, -0.25) is 9.59 Å². The lowest BCUT2D eigenvalue weighted by atomic mass is 10.2. The molecule has 0 atom stereocenters. The molecule has 0 spiro atoms. The molecule has 7 heteroatoms. The van der Waals surface area contributed by atoms with E-state index in [1.807, 2.05) is 25.1 Å². The van der Waals surface area contributed by atoms with Crippen molar-refractivity contribution in [3.05, 3.63) is 81.8 Å². The maximum Gasteiger partial charge on any atom is 0.261 e. The molecule has 1 heterocycles. The Labute approximate surface area is 166 Å². The van der Waals surface area contributed by atoms with Crippen LogP contribution in [0.25, 0.3) is 0 Å². The summed E-state index contributed by atoms with van der Waals surface area (Å²) < 4.78 is 18.5. The lowest BCUT2D eigenvalue weighted by Gasteiger charge is -2.08. The number of aryl methyl sites for hydroxylation is 1. The van der Waals surface area contributed by atoms with E-state index in [1.165, 1.54) is 23.5 Å². The summed E-state index contributed by atoms with van der Waals surface area (Å²) in [5.41, 5.74) is 0.889. The first-order chi connectivity index (χ1) is 13.5. The van der Waals surface area contributed by atoms with Crippen molar-refractivity contribution in [3.8, 4) is 11.5 Å². The molecule has 0 saturated heterocycles. The molecule has 0 aliphatic rings. The first-order valence-corrected chi connectivity index (χ1v) is 9.45. The van der Waals surface area contributed by atoms with Gasteiger partial charge in [0.15, 0.2) is 0 Å². The van der Waals surface area contributed by atoms with Gasteiger partial charge in [0.25, 0.3) is 5.91 Å². The van der Waals surface area contributed by atoms with Crippen LogP contribution in [0.3, 0.4) is 0 Å². The van der Waals surface area contributed by atoms with Gasteiger partial charge in [-0.1, -0.05) is 12.1 Å². The summed E-state index contributed by atoms with van der Waals surface area (Å²) in [4.78, 5) is 25.5. The van der Waals surface area contributed by atoms with Crippen LogP contribution in [0.1, 0.15) is 20.1 Å². The van der Waals surface area contributed by atoms with E-state index in [-0.39, 0.29) is 24.2 Å². The summed E-state index contributed by atoms with van der Waals surface area (Å²) in [5, 5.41) is 5.36. The Kier molecular flexibility index (Phi) is 6.39. The van der Waals surface area contributed by atoms with Gasteiger partial charge in [-0.15, -0.1) is 11.3 Å². The first kappa shape index (κ1) is 19.6. The van der Waals surface area contributed by atoms with E-state index in [0.717, 1.165) is 10.4 Å². The normalized spacial score (nSPS) is 10.4. The highest BCUT2D eigenvalue weighted by atomic mass is 32.1. The van der Waals surface area contributed by atoms with Crippen LogP contribution in [0, 0.1) is 12.7 Å². The highest BCUT2D eigenvalue weighted by molar-refractivity contribution is 7.13. The molecule has 0 fully saturated rings. The fourth-order valence-electron chi connectivity index (χ4n) is 2.38. The molecule has 144 valence electrons. The lowest BCUT2D eigenvalue weighted by molar-refractivity contribution is -0.120. The number of carbonyl (C=O) groups excluding carboxylic acids is 2. The van der Waals surface area contributed by atoms with Crippen LogP contribution in [-0.4, -0.2) is 18.4 Å². The van der Waals surface area contributed by atoms with Crippen molar-refractivity contribution in [2.75, 3.05) is 6.54 Å². The molecule has 0 radical (unpaired) electrons. The average molecular weight is 398 g/mol. The highest BCUT2D eigenvalue weighted by Crippen LogP contribution is 2.21. The quantitative estimate of drug-likeness (QED) is 0.631. The van der Waals surface area contributed by atoms with E-state index in [4.69, 9.17) is 4.74 Å². The van der Waals surface area contributed by atoms with E-state index in [9.17, 15) is 14.0 Å². The molecule has 5 nitrogen and oxygen atoms in total. The molecule has 0 aliphatic carbocycles. The van der Waals surface area contributed by atoms with Gasteiger partial charge in [0.2, 0.25) is 5.91 Å². The van der Waals surface area contributed by atoms with Gasteiger partial charge in [0.05, 0.1) is 11.4 Å². The monoisotopic (exact) mass is 398 g/mol. The molecule has 1 aromatic heterocycles. The third kappa shape index (κ3) is 5.65. The number of hydrogen-bond donors (Lipinski definition) is 2. The number of ether oxygens (including phenoxy) is 1. The van der Waals surface area contributed by atoms with Gasteiger partial charge in [0, 0.05) is 11.4 Å². The Bertz CT molecular complexity index is 953. The fourth-order valence-corrected chi connectivity index (χ4v) is 3.17. The van der Waals surface area contributed by atoms with E-state index < -0.39 is 0 Å². The van der Waals surface area contributed by atoms with Crippen molar-refractivity contribution >= 4 is 23.2 Å². The summed E-state index contributed by atoms with van der Waals surface area (Å²) in [5.74, 6) is 0.309. The second-order valence-electron chi connectivity index (χ2n) is 6.07. The number of amides is 2. The van der Waals surface area contributed by atoms with Crippen LogP contribution in [0.5, 0.6) is 11.5 Å². The van der Waals surface area contributed by atoms with Crippen LogP contribution in [0.4, 0.5) is 4.39 Å². The maximum absolute atomic E-state index is 12.9. The lowest BCUT2D eigenvalue weighted by Crippen LogP contribution is -2.36. The molecule has 0 bridgehead atoms. The van der Waals surface area contributed by atoms with Crippen LogP contribution in [0.2, 0.25) is 0 Å². The number of carbonyl (C=O) groups is 2. The van der Waals surface area contributed by atoms with Crippen molar-refractivity contribution in [2.24, 2.45) is 0 Å². The zero-order valence-corrected chi connectivity index (χ0v) is 16.0. The summed E-state index contributed by atoms with van der Waals surface area (Å²) in [7, 11) is 0. The van der Waals surface area contributed by atoms with Crippen molar-refractivity contribution in [1.29, 1.82) is 0 Å². The van der Waals surface area contributed by atoms with E-state index in [1.54, 1.807) is 30.3 Å². The summed E-state index contributed by atoms with van der Waals surface area (Å²) in [6, 6.07) is 16.6. The molecule has 2 amide bonds. The molecule has 2 N–H and O–H groups in total. The molecule has 3 aromatic rings. The Balaban J connectivity index is 1.43. The van der Waals surface area contributed by atoms with Gasteiger partial charge in [-0.05, 0) is 61.0 Å². The summed E-state index contributed by atoms with van der Waals surface area (Å²) >= 11 is 1.39. The second-order valence-corrected chi connectivity index (χ2v) is 7.36. The maximum atomic E-state index is 12.9. The van der Waals surface area contributed by atoms with Crippen LogP contribution in [0.15, 0.2) is 60.7 Å². The minimum absolute atomic E-state index is 0.0818. The number of benzene rings is 2. The first-order valence-electron chi connectivity index (χ1n) is 8.63. The van der Waals surface area contributed by atoms with Crippen molar-refractivity contribution in [2.45, 2.75) is 13.5 Å². The number of rotatable bonds is 7. The SMILES string of the molecule is Cc1ccc(C(=O)NCC(=O)NCc2ccc(Oc3ccc(F)cc3)cc2)s1. The third-order valence-electron chi connectivity index (χ3n) is 3.84. The second kappa shape index (κ2) is 9.14. The largest absolute Gasteiger partial charge is 0.457 e. The molecule has 28 heavy (non-hydrogen) atoms. The van der Waals surface area contributed by atoms with Gasteiger partial charge >= 0.3 is 0 Å². The average Bonchev–Trinajstić information content (AvgIpc) is 3.14. The summed E-state index contributed by atoms with van der Waals surface area (Å²) in [6.07, 6.45) is 0. The van der Waals surface area contributed by atoms with Gasteiger partial charge in [-0.2, -0.15) is 0 Å². The minimum atomic E-state index is -0.319. The fraction of sp³-hybridized carbons (Fsp3) is 0.143. The highest BCUT2D eigenvalue weighted by Gasteiger charge is 2.09. The van der Waals surface area contributed by atoms with Crippen LogP contribution < -0.4 is 15.4 Å². The Morgan fingerprint density at radius 1 is 0.929 bits per heavy atom. The number of halogens is 1. The Hall–Kier alpha value is -3.19.